The molecule has 0 N–H and O–H groups in total. The lowest BCUT2D eigenvalue weighted by molar-refractivity contribution is -0.133. The van der Waals surface area contributed by atoms with Gasteiger partial charge in [0.25, 0.3) is 5.91 Å². The first-order valence-electron chi connectivity index (χ1n) is 9.70. The molecule has 27 heavy (non-hydrogen) atoms. The van der Waals surface area contributed by atoms with E-state index in [2.05, 4.69) is 6.92 Å². The molecule has 1 atom stereocenters. The Hall–Kier alpha value is -2.50. The van der Waals surface area contributed by atoms with Crippen LogP contribution < -0.4 is 0 Å². The van der Waals surface area contributed by atoms with Crippen LogP contribution in [-0.2, 0) is 18.4 Å². The Labute approximate surface area is 161 Å². The molecular weight excluding hydrogens is 342 g/mol. The molecule has 0 saturated carbocycles. The van der Waals surface area contributed by atoms with Crippen molar-refractivity contribution in [2.24, 2.45) is 7.05 Å². The van der Waals surface area contributed by atoms with Gasteiger partial charge in [0, 0.05) is 31.5 Å². The molecule has 0 aliphatic heterocycles. The number of carbonyl (C=O) groups is 2. The largest absolute Gasteiger partial charge is 0.459 e. The third-order valence-electron chi connectivity index (χ3n) is 4.96. The molecule has 6 nitrogen and oxygen atoms in total. The van der Waals surface area contributed by atoms with Crippen molar-refractivity contribution in [3.8, 4) is 0 Å². The van der Waals surface area contributed by atoms with E-state index in [0.717, 1.165) is 25.0 Å². The molecule has 1 unspecified atom stereocenters. The summed E-state index contributed by atoms with van der Waals surface area (Å²) in [5.41, 5.74) is 1.08. The van der Waals surface area contributed by atoms with Crippen LogP contribution in [0.2, 0.25) is 0 Å². The smallest absolute Gasteiger partial charge is 0.290 e. The van der Waals surface area contributed by atoms with Crippen molar-refractivity contribution >= 4 is 11.8 Å². The van der Waals surface area contributed by atoms with Crippen LogP contribution in [0.15, 0.2) is 41.1 Å². The highest BCUT2D eigenvalue weighted by Crippen LogP contribution is 2.14. The molecule has 0 fully saturated rings. The monoisotopic (exact) mass is 373 g/mol. The molecule has 0 bridgehead atoms. The molecule has 2 amide bonds. The molecule has 0 aliphatic rings. The number of hydrogen-bond acceptors (Lipinski definition) is 3. The minimum atomic E-state index is -0.239. The zero-order valence-electron chi connectivity index (χ0n) is 16.9. The standard InChI is InChI=1S/C21H31N3O3/c1-5-7-13-23(15-18-10-8-12-22(18)4)20(25)16-24(17(3)6-2)21(26)19-11-9-14-27-19/h8-12,14,17H,5-7,13,15-16H2,1-4H3. The fourth-order valence-electron chi connectivity index (χ4n) is 2.93. The third kappa shape index (κ3) is 5.49. The molecular formula is C21H31N3O3. The summed E-state index contributed by atoms with van der Waals surface area (Å²) in [6, 6.07) is 7.28. The maximum Gasteiger partial charge on any atom is 0.290 e. The Morgan fingerprint density at radius 3 is 2.56 bits per heavy atom. The molecule has 2 aromatic heterocycles. The molecule has 0 spiro atoms. The Kier molecular flexibility index (Phi) is 7.70. The fraction of sp³-hybridized carbons (Fsp3) is 0.524. The number of nitrogens with zero attached hydrogens (tertiary/aromatic N) is 3. The van der Waals surface area contributed by atoms with E-state index in [1.165, 1.54) is 6.26 Å². The van der Waals surface area contributed by atoms with Crippen LogP contribution in [0.5, 0.6) is 0 Å². The number of carbonyl (C=O) groups excluding carboxylic acids is 2. The summed E-state index contributed by atoms with van der Waals surface area (Å²) in [5, 5.41) is 0. The van der Waals surface area contributed by atoms with Gasteiger partial charge in [-0.2, -0.15) is 0 Å². The van der Waals surface area contributed by atoms with Crippen molar-refractivity contribution in [2.45, 2.75) is 52.6 Å². The second-order valence-corrected chi connectivity index (χ2v) is 6.95. The summed E-state index contributed by atoms with van der Waals surface area (Å²) in [4.78, 5) is 29.4. The van der Waals surface area contributed by atoms with Crippen molar-refractivity contribution in [3.05, 3.63) is 48.2 Å². The number of aryl methyl sites for hydroxylation is 1. The van der Waals surface area contributed by atoms with Gasteiger partial charge in [-0.1, -0.05) is 20.3 Å². The van der Waals surface area contributed by atoms with E-state index in [1.54, 1.807) is 17.0 Å². The van der Waals surface area contributed by atoms with E-state index in [-0.39, 0.29) is 30.2 Å². The van der Waals surface area contributed by atoms with Gasteiger partial charge in [0.15, 0.2) is 5.76 Å². The van der Waals surface area contributed by atoms with E-state index in [1.807, 2.05) is 48.7 Å². The lowest BCUT2D eigenvalue weighted by Crippen LogP contribution is -2.46. The first kappa shape index (κ1) is 20.8. The minimum Gasteiger partial charge on any atom is -0.459 e. The normalized spacial score (nSPS) is 12.0. The molecule has 0 radical (unpaired) electrons. The molecule has 6 heteroatoms. The maximum atomic E-state index is 13.1. The lowest BCUT2D eigenvalue weighted by atomic mass is 10.2. The van der Waals surface area contributed by atoms with Gasteiger partial charge < -0.3 is 18.8 Å². The number of aromatic nitrogens is 1. The van der Waals surface area contributed by atoms with Crippen LogP contribution in [-0.4, -0.2) is 45.3 Å². The molecule has 148 valence electrons. The van der Waals surface area contributed by atoms with Crippen molar-refractivity contribution in [2.75, 3.05) is 13.1 Å². The van der Waals surface area contributed by atoms with Crippen molar-refractivity contribution in [3.63, 3.8) is 0 Å². The predicted molar refractivity (Wildman–Crippen MR) is 105 cm³/mol. The zero-order chi connectivity index (χ0) is 19.8. The highest BCUT2D eigenvalue weighted by atomic mass is 16.3. The van der Waals surface area contributed by atoms with E-state index < -0.39 is 0 Å². The van der Waals surface area contributed by atoms with Gasteiger partial charge in [0.1, 0.15) is 6.54 Å². The SMILES string of the molecule is CCCCN(Cc1cccn1C)C(=O)CN(C(=O)c1ccco1)C(C)CC. The first-order chi connectivity index (χ1) is 13.0. The summed E-state index contributed by atoms with van der Waals surface area (Å²) in [7, 11) is 1.98. The van der Waals surface area contributed by atoms with Crippen LogP contribution in [0.4, 0.5) is 0 Å². The van der Waals surface area contributed by atoms with Gasteiger partial charge in [-0.25, -0.2) is 0 Å². The number of hydrogen-bond donors (Lipinski definition) is 0. The summed E-state index contributed by atoms with van der Waals surface area (Å²) in [6.45, 7) is 7.37. The van der Waals surface area contributed by atoms with Gasteiger partial charge in [0.2, 0.25) is 5.91 Å². The van der Waals surface area contributed by atoms with Crippen molar-refractivity contribution in [1.29, 1.82) is 0 Å². The molecule has 2 rings (SSSR count). The summed E-state index contributed by atoms with van der Waals surface area (Å²) >= 11 is 0. The minimum absolute atomic E-state index is 0.0372. The molecule has 0 aromatic carbocycles. The topological polar surface area (TPSA) is 58.7 Å². The highest BCUT2D eigenvalue weighted by molar-refractivity contribution is 5.94. The molecule has 2 heterocycles. The van der Waals surface area contributed by atoms with Crippen LogP contribution in [0.1, 0.15) is 56.3 Å². The number of unbranched alkanes of at least 4 members (excludes halogenated alkanes) is 1. The van der Waals surface area contributed by atoms with Crippen LogP contribution in [0, 0.1) is 0 Å². The van der Waals surface area contributed by atoms with Gasteiger partial charge >= 0.3 is 0 Å². The predicted octanol–water partition coefficient (Wildman–Crippen LogP) is 3.69. The van der Waals surface area contributed by atoms with E-state index in [9.17, 15) is 9.59 Å². The molecule has 0 saturated heterocycles. The Balaban J connectivity index is 2.15. The van der Waals surface area contributed by atoms with Crippen molar-refractivity contribution < 1.29 is 14.0 Å². The number of rotatable bonds is 10. The van der Waals surface area contributed by atoms with Crippen molar-refractivity contribution in [1.82, 2.24) is 14.4 Å². The van der Waals surface area contributed by atoms with Crippen LogP contribution >= 0.6 is 0 Å². The quantitative estimate of drug-likeness (QED) is 0.638. The number of amides is 2. The molecule has 2 aromatic rings. The van der Waals surface area contributed by atoms with Gasteiger partial charge in [-0.3, -0.25) is 9.59 Å². The Morgan fingerprint density at radius 1 is 1.22 bits per heavy atom. The Bertz CT molecular complexity index is 721. The van der Waals surface area contributed by atoms with E-state index >= 15 is 0 Å². The van der Waals surface area contributed by atoms with Gasteiger partial charge in [-0.15, -0.1) is 0 Å². The highest BCUT2D eigenvalue weighted by Gasteiger charge is 2.27. The van der Waals surface area contributed by atoms with Crippen LogP contribution in [0.25, 0.3) is 0 Å². The lowest BCUT2D eigenvalue weighted by Gasteiger charge is -2.31. The maximum absolute atomic E-state index is 13.1. The first-order valence-corrected chi connectivity index (χ1v) is 9.70. The fourth-order valence-corrected chi connectivity index (χ4v) is 2.93. The second kappa shape index (κ2) is 10.00. The summed E-state index contributed by atoms with van der Waals surface area (Å²) < 4.78 is 7.28. The van der Waals surface area contributed by atoms with Gasteiger partial charge in [-0.05, 0) is 44.0 Å². The van der Waals surface area contributed by atoms with E-state index in [0.29, 0.717) is 13.1 Å². The van der Waals surface area contributed by atoms with E-state index in [4.69, 9.17) is 4.42 Å². The zero-order valence-corrected chi connectivity index (χ0v) is 16.9. The Morgan fingerprint density at radius 2 is 2.00 bits per heavy atom. The van der Waals surface area contributed by atoms with Crippen LogP contribution in [0.3, 0.4) is 0 Å². The summed E-state index contributed by atoms with van der Waals surface area (Å²) in [6.07, 6.45) is 6.17. The molecule has 0 aliphatic carbocycles. The average Bonchev–Trinajstić information content (AvgIpc) is 3.34. The second-order valence-electron chi connectivity index (χ2n) is 6.95. The van der Waals surface area contributed by atoms with Gasteiger partial charge in [0.05, 0.1) is 12.8 Å². The third-order valence-corrected chi connectivity index (χ3v) is 4.96. The summed E-state index contributed by atoms with van der Waals surface area (Å²) in [5.74, 6) is -0.00694. The number of furan rings is 1. The average molecular weight is 373 g/mol.